The Balaban J connectivity index is 1.55. The Hall–Kier alpha value is -3.11. The summed E-state index contributed by atoms with van der Waals surface area (Å²) in [6.45, 7) is 2.80. The Morgan fingerprint density at radius 1 is 1.06 bits per heavy atom. The first-order chi connectivity index (χ1) is 15.7. The summed E-state index contributed by atoms with van der Waals surface area (Å²) in [4.78, 5) is 40.3. The van der Waals surface area contributed by atoms with E-state index in [1.165, 1.54) is 24.3 Å². The number of nitrogens with zero attached hydrogens (tertiary/aromatic N) is 2. The molecule has 2 aliphatic rings. The summed E-state index contributed by atoms with van der Waals surface area (Å²) < 4.78 is 30.7. The van der Waals surface area contributed by atoms with Crippen LogP contribution in [-0.4, -0.2) is 54.9 Å². The summed E-state index contributed by atoms with van der Waals surface area (Å²) in [5.41, 5.74) is 1.23. The minimum Gasteiger partial charge on any atom is -0.378 e. The molecule has 2 aromatic carbocycles. The number of likely N-dealkylation sites (tertiary alicyclic amines) is 1. The standard InChI is InChI=1S/C23H22N2O6S2/c1-16-8-10-18(11-9-16)33(29,30)31-19-7-3-2-6-17(19)14-20-22(27)25(23(28)32-20)15-21(26)24-12-4-5-13-24/h2-3,6-11,14H,4-5,12-13,15H2,1H3/b20-14-. The molecule has 0 N–H and O–H groups in total. The highest BCUT2D eigenvalue weighted by Crippen LogP contribution is 2.34. The van der Waals surface area contributed by atoms with E-state index in [4.69, 9.17) is 4.18 Å². The van der Waals surface area contributed by atoms with Crippen molar-refractivity contribution in [2.24, 2.45) is 0 Å². The van der Waals surface area contributed by atoms with Crippen LogP contribution in [0, 0.1) is 6.92 Å². The van der Waals surface area contributed by atoms with E-state index in [-0.39, 0.29) is 28.0 Å². The van der Waals surface area contributed by atoms with Gasteiger partial charge in [0.25, 0.3) is 11.1 Å². The van der Waals surface area contributed by atoms with Gasteiger partial charge in [-0.15, -0.1) is 0 Å². The van der Waals surface area contributed by atoms with Gasteiger partial charge in [-0.25, -0.2) is 0 Å². The van der Waals surface area contributed by atoms with Crippen LogP contribution < -0.4 is 4.18 Å². The molecule has 4 rings (SSSR count). The van der Waals surface area contributed by atoms with Gasteiger partial charge in [-0.3, -0.25) is 19.3 Å². The van der Waals surface area contributed by atoms with Crippen LogP contribution in [0.4, 0.5) is 4.79 Å². The van der Waals surface area contributed by atoms with Gasteiger partial charge in [-0.1, -0.05) is 35.9 Å². The van der Waals surface area contributed by atoms with Crippen LogP contribution in [-0.2, 0) is 19.7 Å². The molecule has 8 nitrogen and oxygen atoms in total. The van der Waals surface area contributed by atoms with Crippen molar-refractivity contribution in [3.63, 3.8) is 0 Å². The molecule has 0 aliphatic carbocycles. The van der Waals surface area contributed by atoms with Crippen molar-refractivity contribution in [2.45, 2.75) is 24.7 Å². The van der Waals surface area contributed by atoms with E-state index in [0.717, 1.165) is 23.3 Å². The zero-order valence-electron chi connectivity index (χ0n) is 17.9. The Labute approximate surface area is 196 Å². The lowest BCUT2D eigenvalue weighted by atomic mass is 10.2. The second-order valence-electron chi connectivity index (χ2n) is 7.74. The van der Waals surface area contributed by atoms with E-state index < -0.39 is 21.3 Å². The molecule has 2 aliphatic heterocycles. The summed E-state index contributed by atoms with van der Waals surface area (Å²) >= 11 is 0.709. The minimum atomic E-state index is -4.10. The molecule has 0 aromatic heterocycles. The molecule has 0 saturated carbocycles. The van der Waals surface area contributed by atoms with Crippen LogP contribution >= 0.6 is 11.8 Å². The summed E-state index contributed by atoms with van der Waals surface area (Å²) in [7, 11) is -4.10. The zero-order valence-corrected chi connectivity index (χ0v) is 19.5. The van der Waals surface area contributed by atoms with Gasteiger partial charge in [-0.05, 0) is 55.8 Å². The number of rotatable bonds is 6. The van der Waals surface area contributed by atoms with E-state index in [2.05, 4.69) is 0 Å². The molecule has 33 heavy (non-hydrogen) atoms. The zero-order chi connectivity index (χ0) is 23.6. The first kappa shape index (κ1) is 23.1. The Morgan fingerprint density at radius 3 is 2.42 bits per heavy atom. The molecule has 10 heteroatoms. The van der Waals surface area contributed by atoms with Crippen molar-refractivity contribution >= 4 is 45.0 Å². The number of carbonyl (C=O) groups excluding carboxylic acids is 3. The predicted octanol–water partition coefficient (Wildman–Crippen LogP) is 3.42. The summed E-state index contributed by atoms with van der Waals surface area (Å²) in [5.74, 6) is -0.823. The highest BCUT2D eigenvalue weighted by Gasteiger charge is 2.37. The lowest BCUT2D eigenvalue weighted by molar-refractivity contribution is -0.135. The van der Waals surface area contributed by atoms with E-state index in [0.29, 0.717) is 30.4 Å². The van der Waals surface area contributed by atoms with Crippen molar-refractivity contribution in [2.75, 3.05) is 19.6 Å². The molecule has 3 amide bonds. The highest BCUT2D eigenvalue weighted by atomic mass is 32.2. The Bertz CT molecular complexity index is 1230. The molecule has 0 atom stereocenters. The van der Waals surface area contributed by atoms with Gasteiger partial charge in [0.2, 0.25) is 5.91 Å². The average molecular weight is 487 g/mol. The number of hydrogen-bond donors (Lipinski definition) is 0. The number of amides is 3. The summed E-state index contributed by atoms with van der Waals surface area (Å²) in [5, 5.41) is -0.538. The van der Waals surface area contributed by atoms with E-state index in [9.17, 15) is 22.8 Å². The quantitative estimate of drug-likeness (QED) is 0.455. The average Bonchev–Trinajstić information content (AvgIpc) is 3.40. The van der Waals surface area contributed by atoms with Gasteiger partial charge in [0.15, 0.2) is 0 Å². The largest absolute Gasteiger partial charge is 0.378 e. The van der Waals surface area contributed by atoms with E-state index in [1.54, 1.807) is 35.2 Å². The van der Waals surface area contributed by atoms with Gasteiger partial charge in [0.05, 0.1) is 4.91 Å². The number of imide groups is 1. The number of thioether (sulfide) groups is 1. The third-order valence-electron chi connectivity index (χ3n) is 5.34. The van der Waals surface area contributed by atoms with Gasteiger partial charge in [0.1, 0.15) is 17.2 Å². The van der Waals surface area contributed by atoms with Gasteiger partial charge in [0, 0.05) is 18.7 Å². The molecular formula is C23H22N2O6S2. The van der Waals surface area contributed by atoms with Gasteiger partial charge >= 0.3 is 10.1 Å². The highest BCUT2D eigenvalue weighted by molar-refractivity contribution is 8.18. The third-order valence-corrected chi connectivity index (χ3v) is 7.50. The van der Waals surface area contributed by atoms with Crippen LogP contribution in [0.3, 0.4) is 0 Å². The van der Waals surface area contributed by atoms with E-state index in [1.807, 2.05) is 6.92 Å². The molecule has 2 saturated heterocycles. The molecule has 172 valence electrons. The van der Waals surface area contributed by atoms with Crippen LogP contribution in [0.15, 0.2) is 58.3 Å². The maximum absolute atomic E-state index is 12.8. The second kappa shape index (κ2) is 9.40. The number of carbonyl (C=O) groups is 3. The molecule has 0 unspecified atom stereocenters. The van der Waals surface area contributed by atoms with E-state index >= 15 is 0 Å². The normalized spacial score (nSPS) is 17.8. The second-order valence-corrected chi connectivity index (χ2v) is 10.3. The monoisotopic (exact) mass is 486 g/mol. The Kier molecular flexibility index (Phi) is 6.57. The van der Waals surface area contributed by atoms with Crippen molar-refractivity contribution in [3.05, 3.63) is 64.6 Å². The minimum absolute atomic E-state index is 0.00338. The maximum Gasteiger partial charge on any atom is 0.339 e. The SMILES string of the molecule is Cc1ccc(S(=O)(=O)Oc2ccccc2/C=C2\SC(=O)N(CC(=O)N3CCCC3)C2=O)cc1. The molecule has 2 aromatic rings. The topological polar surface area (TPSA) is 101 Å². The smallest absolute Gasteiger partial charge is 0.339 e. The first-order valence-corrected chi connectivity index (χ1v) is 12.6. The van der Waals surface area contributed by atoms with Crippen molar-refractivity contribution in [1.29, 1.82) is 0 Å². The fourth-order valence-electron chi connectivity index (χ4n) is 3.53. The maximum atomic E-state index is 12.8. The summed E-state index contributed by atoms with van der Waals surface area (Å²) in [6, 6.07) is 12.6. The molecule has 0 bridgehead atoms. The lowest BCUT2D eigenvalue weighted by Gasteiger charge is -2.18. The molecule has 2 fully saturated rings. The molecular weight excluding hydrogens is 464 g/mol. The van der Waals surface area contributed by atoms with Crippen LogP contribution in [0.5, 0.6) is 5.75 Å². The fraction of sp³-hybridized carbons (Fsp3) is 0.261. The van der Waals surface area contributed by atoms with Crippen molar-refractivity contribution in [1.82, 2.24) is 9.80 Å². The van der Waals surface area contributed by atoms with Crippen LogP contribution in [0.1, 0.15) is 24.0 Å². The predicted molar refractivity (Wildman–Crippen MR) is 124 cm³/mol. The van der Waals surface area contributed by atoms with Crippen molar-refractivity contribution in [3.8, 4) is 5.75 Å². The summed E-state index contributed by atoms with van der Waals surface area (Å²) in [6.07, 6.45) is 3.23. The van der Waals surface area contributed by atoms with Crippen LogP contribution in [0.25, 0.3) is 6.08 Å². The fourth-order valence-corrected chi connectivity index (χ4v) is 5.31. The number of hydrogen-bond acceptors (Lipinski definition) is 7. The molecule has 0 spiro atoms. The number of para-hydroxylation sites is 1. The van der Waals surface area contributed by atoms with Crippen molar-refractivity contribution < 1.29 is 27.0 Å². The first-order valence-electron chi connectivity index (χ1n) is 10.4. The Morgan fingerprint density at radius 2 is 1.73 bits per heavy atom. The third kappa shape index (κ3) is 5.12. The van der Waals surface area contributed by atoms with Crippen LogP contribution in [0.2, 0.25) is 0 Å². The number of benzene rings is 2. The lowest BCUT2D eigenvalue weighted by Crippen LogP contribution is -2.40. The van der Waals surface area contributed by atoms with Gasteiger partial charge < -0.3 is 9.08 Å². The molecule has 0 radical (unpaired) electrons. The number of aryl methyl sites for hydroxylation is 1. The van der Waals surface area contributed by atoms with Gasteiger partial charge in [-0.2, -0.15) is 8.42 Å². The molecule has 2 heterocycles.